The number of nitrogens with zero attached hydrogens (tertiary/aromatic N) is 2. The van der Waals surface area contributed by atoms with Gasteiger partial charge in [-0.15, -0.1) is 0 Å². The van der Waals surface area contributed by atoms with Crippen molar-refractivity contribution in [2.75, 3.05) is 12.3 Å². The van der Waals surface area contributed by atoms with Crippen LogP contribution in [-0.4, -0.2) is 50.5 Å². The molecular weight excluding hydrogens is 498 g/mol. The second-order valence-electron chi connectivity index (χ2n) is 8.83. The molecule has 0 spiro atoms. The molecule has 3 atom stereocenters. The van der Waals surface area contributed by atoms with Gasteiger partial charge in [0.25, 0.3) is 5.69 Å². The summed E-state index contributed by atoms with van der Waals surface area (Å²) in [5, 5.41) is 13.6. The smallest absolute Gasteiger partial charge is 0.360 e. The van der Waals surface area contributed by atoms with Crippen molar-refractivity contribution in [3.8, 4) is 0 Å². The minimum atomic E-state index is -1.60. The van der Waals surface area contributed by atoms with Crippen LogP contribution in [0.5, 0.6) is 0 Å². The number of β-lactam (4-membered cyclic amide) rings is 1. The minimum absolute atomic E-state index is 0.00978. The number of benzene rings is 2. The second-order valence-corrected chi connectivity index (χ2v) is 10.4. The van der Waals surface area contributed by atoms with Crippen molar-refractivity contribution in [3.05, 3.63) is 86.4 Å². The lowest BCUT2D eigenvalue weighted by Gasteiger charge is -2.42. The Morgan fingerprint density at radius 1 is 1.14 bits per heavy atom. The Balaban J connectivity index is 1.40. The summed E-state index contributed by atoms with van der Waals surface area (Å²) < 4.78 is 18.6. The van der Waals surface area contributed by atoms with Gasteiger partial charge in [0, 0.05) is 18.6 Å². The first kappa shape index (κ1) is 26.4. The second kappa shape index (κ2) is 11.6. The molecule has 2 aliphatic rings. The molecular formula is C26H27N3O7S. The van der Waals surface area contributed by atoms with Crippen LogP contribution in [0.15, 0.2) is 65.2 Å². The molecule has 10 nitrogen and oxygen atoms in total. The molecule has 194 valence electrons. The highest BCUT2D eigenvalue weighted by molar-refractivity contribution is 7.95. The van der Waals surface area contributed by atoms with Gasteiger partial charge in [0.1, 0.15) is 12.4 Å². The average molecular weight is 526 g/mol. The van der Waals surface area contributed by atoms with Crippen LogP contribution in [0.1, 0.15) is 30.9 Å². The highest BCUT2D eigenvalue weighted by Gasteiger charge is 2.57. The number of hydrogen-bond acceptors (Lipinski definition) is 7. The van der Waals surface area contributed by atoms with Gasteiger partial charge >= 0.3 is 5.97 Å². The van der Waals surface area contributed by atoms with Gasteiger partial charge in [-0.05, 0) is 40.9 Å². The van der Waals surface area contributed by atoms with E-state index in [4.69, 9.17) is 4.74 Å². The number of hydrogen-bond donors (Lipinski definition) is 1. The van der Waals surface area contributed by atoms with Gasteiger partial charge in [-0.1, -0.05) is 37.3 Å². The van der Waals surface area contributed by atoms with Crippen molar-refractivity contribution >= 4 is 34.6 Å². The maximum Gasteiger partial charge on any atom is 0.360 e. The molecule has 2 aromatic carbocycles. The van der Waals surface area contributed by atoms with Gasteiger partial charge < -0.3 is 14.6 Å². The number of nitro benzene ring substituents is 1. The third-order valence-electron chi connectivity index (χ3n) is 6.49. The molecule has 1 fully saturated rings. The fraction of sp³-hybridized carbons (Fsp3) is 0.346. The molecule has 1 saturated heterocycles. The standard InChI is InChI=1S/C26H27N3O7S/c1-2-20-21-15-22(37(35)13-12-27-23(30)14-17-6-4-3-5-7-17)24(28(21)25(20)31)26(32)36-16-18-8-10-19(11-9-18)29(33)34/h3-11,20-21H,2,12-16H2,1H3,(H,27,30). The Kier molecular flexibility index (Phi) is 8.24. The van der Waals surface area contributed by atoms with Crippen molar-refractivity contribution in [1.82, 2.24) is 10.2 Å². The lowest BCUT2D eigenvalue weighted by molar-refractivity contribution is -0.384. The van der Waals surface area contributed by atoms with Crippen LogP contribution in [0, 0.1) is 16.0 Å². The zero-order chi connectivity index (χ0) is 26.5. The minimum Gasteiger partial charge on any atom is -0.612 e. The zero-order valence-corrected chi connectivity index (χ0v) is 21.1. The first-order chi connectivity index (χ1) is 17.8. The zero-order valence-electron chi connectivity index (χ0n) is 20.3. The molecule has 0 aliphatic carbocycles. The lowest BCUT2D eigenvalue weighted by atomic mass is 9.85. The summed E-state index contributed by atoms with van der Waals surface area (Å²) in [6.07, 6.45) is 1.14. The van der Waals surface area contributed by atoms with Gasteiger partial charge in [-0.3, -0.25) is 24.6 Å². The Labute approximate surface area is 217 Å². The molecule has 2 heterocycles. The molecule has 2 aromatic rings. The molecule has 0 aromatic heterocycles. The van der Waals surface area contributed by atoms with Crippen LogP contribution in [0.25, 0.3) is 0 Å². The number of ether oxygens (including phenoxy) is 1. The van der Waals surface area contributed by atoms with Crippen LogP contribution in [-0.2, 0) is 43.3 Å². The molecule has 1 N–H and O–H groups in total. The van der Waals surface area contributed by atoms with Crippen molar-refractivity contribution in [3.63, 3.8) is 0 Å². The number of fused-ring (bicyclic) bond motifs is 1. The van der Waals surface area contributed by atoms with Gasteiger partial charge in [0.15, 0.2) is 10.6 Å². The van der Waals surface area contributed by atoms with Crippen molar-refractivity contribution in [2.24, 2.45) is 5.92 Å². The van der Waals surface area contributed by atoms with Crippen LogP contribution in [0.2, 0.25) is 0 Å². The number of amides is 2. The Bertz CT molecular complexity index is 1220. The highest BCUT2D eigenvalue weighted by atomic mass is 32.2. The molecule has 3 unspecified atom stereocenters. The third-order valence-corrected chi connectivity index (χ3v) is 7.98. The average Bonchev–Trinajstić information content (AvgIpc) is 3.24. The first-order valence-corrected chi connectivity index (χ1v) is 13.3. The van der Waals surface area contributed by atoms with Gasteiger partial charge in [0.05, 0.1) is 29.8 Å². The van der Waals surface area contributed by atoms with E-state index in [1.54, 1.807) is 0 Å². The molecule has 0 saturated carbocycles. The molecule has 2 aliphatic heterocycles. The Morgan fingerprint density at radius 2 is 1.84 bits per heavy atom. The SMILES string of the molecule is CCC1C(=O)N2C(C(=O)OCc3ccc([N+](=O)[O-])cc3)=C([S+]([O-])CCNC(=O)Cc3ccccc3)CC12. The Hall–Kier alpha value is -3.70. The van der Waals surface area contributed by atoms with Crippen molar-refractivity contribution in [2.45, 2.75) is 38.8 Å². The molecule has 0 radical (unpaired) electrons. The maximum absolute atomic E-state index is 13.2. The quantitative estimate of drug-likeness (QED) is 0.156. The highest BCUT2D eigenvalue weighted by Crippen LogP contribution is 2.45. The number of carbonyl (C=O) groups excluding carboxylic acids is 3. The van der Waals surface area contributed by atoms with E-state index in [0.29, 0.717) is 23.3 Å². The fourth-order valence-corrected chi connectivity index (χ4v) is 5.86. The topological polar surface area (TPSA) is 142 Å². The number of esters is 1. The summed E-state index contributed by atoms with van der Waals surface area (Å²) in [7, 11) is 0. The molecule has 2 amide bonds. The van der Waals surface area contributed by atoms with Crippen LogP contribution in [0.4, 0.5) is 5.69 Å². The van der Waals surface area contributed by atoms with E-state index in [1.165, 1.54) is 29.2 Å². The fourth-order valence-electron chi connectivity index (χ4n) is 4.58. The molecule has 37 heavy (non-hydrogen) atoms. The van der Waals surface area contributed by atoms with Gasteiger partial charge in [-0.2, -0.15) is 0 Å². The maximum atomic E-state index is 13.2. The third kappa shape index (κ3) is 5.83. The van der Waals surface area contributed by atoms with Crippen molar-refractivity contribution in [1.29, 1.82) is 0 Å². The van der Waals surface area contributed by atoms with E-state index in [1.807, 2.05) is 37.3 Å². The normalized spacial score (nSPS) is 19.2. The summed E-state index contributed by atoms with van der Waals surface area (Å²) in [6, 6.07) is 14.6. The number of nitrogens with one attached hydrogen (secondary N) is 1. The molecule has 11 heteroatoms. The number of nitro groups is 1. The van der Waals surface area contributed by atoms with Gasteiger partial charge in [-0.25, -0.2) is 4.79 Å². The molecule has 4 rings (SSSR count). The van der Waals surface area contributed by atoms with Crippen molar-refractivity contribution < 1.29 is 28.6 Å². The number of carbonyl (C=O) groups is 3. The largest absolute Gasteiger partial charge is 0.612 e. The lowest BCUT2D eigenvalue weighted by Crippen LogP contribution is -2.58. The predicted octanol–water partition coefficient (Wildman–Crippen LogP) is 2.60. The summed E-state index contributed by atoms with van der Waals surface area (Å²) >= 11 is -1.60. The predicted molar refractivity (Wildman–Crippen MR) is 135 cm³/mol. The number of non-ortho nitro benzene ring substituents is 1. The van der Waals surface area contributed by atoms with E-state index in [0.717, 1.165) is 5.56 Å². The number of rotatable bonds is 11. The van der Waals surface area contributed by atoms with Crippen LogP contribution >= 0.6 is 0 Å². The van der Waals surface area contributed by atoms with Crippen LogP contribution < -0.4 is 5.32 Å². The van der Waals surface area contributed by atoms with E-state index in [2.05, 4.69) is 5.32 Å². The summed E-state index contributed by atoms with van der Waals surface area (Å²) in [5.41, 5.74) is 1.34. The monoisotopic (exact) mass is 525 g/mol. The van der Waals surface area contributed by atoms with Gasteiger partial charge in [0.2, 0.25) is 11.8 Å². The summed E-state index contributed by atoms with van der Waals surface area (Å²) in [6.45, 7) is 1.89. The van der Waals surface area contributed by atoms with E-state index in [9.17, 15) is 29.1 Å². The van der Waals surface area contributed by atoms with E-state index < -0.39 is 22.1 Å². The summed E-state index contributed by atoms with van der Waals surface area (Å²) in [5.74, 6) is -1.30. The first-order valence-electron chi connectivity index (χ1n) is 12.0. The van der Waals surface area contributed by atoms with E-state index >= 15 is 0 Å². The van der Waals surface area contributed by atoms with Crippen LogP contribution in [0.3, 0.4) is 0 Å². The van der Waals surface area contributed by atoms with E-state index in [-0.39, 0.29) is 60.5 Å². The molecule has 0 bridgehead atoms. The Morgan fingerprint density at radius 3 is 2.49 bits per heavy atom. The summed E-state index contributed by atoms with van der Waals surface area (Å²) in [4.78, 5) is 50.0.